The van der Waals surface area contributed by atoms with Crippen LogP contribution in [0.15, 0.2) is 29.3 Å². The number of rotatable bonds is 2. The van der Waals surface area contributed by atoms with Crippen molar-refractivity contribution in [2.24, 2.45) is 10.7 Å². The van der Waals surface area contributed by atoms with Gasteiger partial charge in [-0.15, -0.1) is 24.0 Å². The molecule has 4 nitrogen and oxygen atoms in total. The summed E-state index contributed by atoms with van der Waals surface area (Å²) in [6.45, 7) is 4.03. The lowest BCUT2D eigenvalue weighted by Crippen LogP contribution is -2.45. The molecule has 0 bridgehead atoms. The second-order valence-electron chi connectivity index (χ2n) is 5.23. The average Bonchev–Trinajstić information content (AvgIpc) is 2.89. The molecule has 1 aromatic carbocycles. The maximum absolute atomic E-state index is 6.07. The van der Waals surface area contributed by atoms with Crippen molar-refractivity contribution in [3.63, 3.8) is 0 Å². The van der Waals surface area contributed by atoms with Gasteiger partial charge in [-0.3, -0.25) is 4.99 Å². The van der Waals surface area contributed by atoms with E-state index in [4.69, 9.17) is 10.5 Å². The fourth-order valence-electron chi connectivity index (χ4n) is 2.93. The van der Waals surface area contributed by atoms with Gasteiger partial charge in [-0.25, -0.2) is 0 Å². The van der Waals surface area contributed by atoms with Crippen LogP contribution in [0.1, 0.15) is 23.5 Å². The molecule has 0 amide bonds. The van der Waals surface area contributed by atoms with Gasteiger partial charge in [0.15, 0.2) is 5.96 Å². The number of guanidine groups is 1. The fraction of sp³-hybridized carbons (Fsp3) is 0.533. The Morgan fingerprint density at radius 2 is 2.05 bits per heavy atom. The lowest BCUT2D eigenvalue weighted by molar-refractivity contribution is 0.0674. The Balaban J connectivity index is 0.00000147. The van der Waals surface area contributed by atoms with Gasteiger partial charge in [0.2, 0.25) is 0 Å². The maximum atomic E-state index is 6.07. The Morgan fingerprint density at radius 1 is 1.30 bits per heavy atom. The van der Waals surface area contributed by atoms with Crippen LogP contribution >= 0.6 is 24.0 Å². The number of hydrogen-bond donors (Lipinski definition) is 1. The van der Waals surface area contributed by atoms with Crippen molar-refractivity contribution in [3.8, 4) is 0 Å². The quantitative estimate of drug-likeness (QED) is 0.480. The van der Waals surface area contributed by atoms with E-state index in [1.54, 1.807) is 0 Å². The molecule has 0 aromatic heterocycles. The van der Waals surface area contributed by atoms with Crippen LogP contribution < -0.4 is 5.73 Å². The average molecular weight is 387 g/mol. The zero-order valence-corrected chi connectivity index (χ0v) is 14.0. The summed E-state index contributed by atoms with van der Waals surface area (Å²) >= 11 is 0. The molecule has 1 aliphatic carbocycles. The van der Waals surface area contributed by atoms with Crippen LogP contribution in [0.2, 0.25) is 0 Å². The summed E-state index contributed by atoms with van der Waals surface area (Å²) in [6.07, 6.45) is 2.37. The molecule has 3 rings (SSSR count). The summed E-state index contributed by atoms with van der Waals surface area (Å²) in [4.78, 5) is 6.71. The van der Waals surface area contributed by atoms with Gasteiger partial charge < -0.3 is 15.4 Å². The Bertz CT molecular complexity index is 472. The molecule has 1 aliphatic heterocycles. The number of aryl methyl sites for hydroxylation is 1. The molecule has 20 heavy (non-hydrogen) atoms. The molecule has 0 radical (unpaired) electrons. The van der Waals surface area contributed by atoms with Gasteiger partial charge in [-0.2, -0.15) is 0 Å². The van der Waals surface area contributed by atoms with Crippen molar-refractivity contribution in [1.82, 2.24) is 4.90 Å². The molecule has 1 heterocycles. The van der Waals surface area contributed by atoms with E-state index in [9.17, 15) is 0 Å². The fourth-order valence-corrected chi connectivity index (χ4v) is 2.93. The van der Waals surface area contributed by atoms with Gasteiger partial charge in [0, 0.05) is 25.6 Å². The lowest BCUT2D eigenvalue weighted by atomic mass is 10.0. The van der Waals surface area contributed by atoms with Gasteiger partial charge in [0.25, 0.3) is 0 Å². The molecule has 110 valence electrons. The monoisotopic (exact) mass is 387 g/mol. The van der Waals surface area contributed by atoms with Gasteiger partial charge in [-0.05, 0) is 24.0 Å². The van der Waals surface area contributed by atoms with Crippen LogP contribution in [-0.2, 0) is 11.2 Å². The third kappa shape index (κ3) is 3.44. The van der Waals surface area contributed by atoms with Crippen molar-refractivity contribution in [3.05, 3.63) is 35.4 Å². The van der Waals surface area contributed by atoms with Crippen LogP contribution in [0.5, 0.6) is 0 Å². The number of nitrogens with two attached hydrogens (primary N) is 1. The number of aliphatic imine (C=N–C) groups is 1. The Hall–Kier alpha value is -0.820. The summed E-state index contributed by atoms with van der Waals surface area (Å²) < 4.78 is 5.32. The molecule has 1 fully saturated rings. The summed E-state index contributed by atoms with van der Waals surface area (Å²) in [6, 6.07) is 8.69. The standard InChI is InChI=1S/C15H21N3O.HI/c16-15(18-7-9-19-10-8-18)17-11-13-6-5-12-3-1-2-4-14(12)13;/h1-4,13H,5-11H2,(H2,16,17);1H. The highest BCUT2D eigenvalue weighted by Gasteiger charge is 2.22. The number of ether oxygens (including phenoxy) is 1. The minimum Gasteiger partial charge on any atom is -0.378 e. The first-order chi connectivity index (χ1) is 9.34. The SMILES string of the molecule is I.NC(=NCC1CCc2ccccc21)N1CCOCC1. The number of halogens is 1. The smallest absolute Gasteiger partial charge is 0.191 e. The number of morpholine rings is 1. The highest BCUT2D eigenvalue weighted by atomic mass is 127. The second kappa shape index (κ2) is 7.26. The van der Waals surface area contributed by atoms with Crippen molar-refractivity contribution in [2.75, 3.05) is 32.8 Å². The Kier molecular flexibility index (Phi) is 5.65. The molecule has 0 saturated carbocycles. The predicted octanol–water partition coefficient (Wildman–Crippen LogP) is 1.98. The third-order valence-electron chi connectivity index (χ3n) is 4.07. The Morgan fingerprint density at radius 3 is 2.85 bits per heavy atom. The molecular weight excluding hydrogens is 365 g/mol. The number of fused-ring (bicyclic) bond motifs is 1. The van der Waals surface area contributed by atoms with E-state index < -0.39 is 0 Å². The van der Waals surface area contributed by atoms with Crippen molar-refractivity contribution >= 4 is 29.9 Å². The van der Waals surface area contributed by atoms with E-state index in [1.807, 2.05) is 0 Å². The van der Waals surface area contributed by atoms with Gasteiger partial charge in [0.1, 0.15) is 0 Å². The lowest BCUT2D eigenvalue weighted by Gasteiger charge is -2.27. The van der Waals surface area contributed by atoms with Gasteiger partial charge >= 0.3 is 0 Å². The zero-order valence-electron chi connectivity index (χ0n) is 11.6. The van der Waals surface area contributed by atoms with Crippen LogP contribution in [-0.4, -0.2) is 43.7 Å². The van der Waals surface area contributed by atoms with Crippen LogP contribution in [0, 0.1) is 0 Å². The highest BCUT2D eigenvalue weighted by molar-refractivity contribution is 14.0. The van der Waals surface area contributed by atoms with Crippen LogP contribution in [0.4, 0.5) is 0 Å². The number of nitrogens with zero attached hydrogens (tertiary/aromatic N) is 2. The van der Waals surface area contributed by atoms with Crippen LogP contribution in [0.25, 0.3) is 0 Å². The number of hydrogen-bond acceptors (Lipinski definition) is 2. The molecule has 1 saturated heterocycles. The molecule has 2 aliphatic rings. The first kappa shape index (κ1) is 15.6. The molecule has 2 N–H and O–H groups in total. The minimum atomic E-state index is 0. The van der Waals surface area contributed by atoms with Gasteiger partial charge in [-0.1, -0.05) is 24.3 Å². The molecule has 5 heteroatoms. The van der Waals surface area contributed by atoms with E-state index >= 15 is 0 Å². The summed E-state index contributed by atoms with van der Waals surface area (Å²) in [5.41, 5.74) is 9.01. The largest absolute Gasteiger partial charge is 0.378 e. The molecule has 0 spiro atoms. The topological polar surface area (TPSA) is 50.8 Å². The first-order valence-electron chi connectivity index (χ1n) is 7.05. The van der Waals surface area contributed by atoms with Crippen molar-refractivity contribution < 1.29 is 4.74 Å². The van der Waals surface area contributed by atoms with E-state index in [1.165, 1.54) is 24.0 Å². The summed E-state index contributed by atoms with van der Waals surface area (Å²) in [5, 5.41) is 0. The number of benzene rings is 1. The third-order valence-corrected chi connectivity index (χ3v) is 4.07. The first-order valence-corrected chi connectivity index (χ1v) is 7.05. The summed E-state index contributed by atoms with van der Waals surface area (Å²) in [7, 11) is 0. The Labute approximate surface area is 137 Å². The molecular formula is C15H22IN3O. The van der Waals surface area contributed by atoms with E-state index in [-0.39, 0.29) is 24.0 Å². The normalized spacial score (nSPS) is 22.3. The molecule has 1 unspecified atom stereocenters. The highest BCUT2D eigenvalue weighted by Crippen LogP contribution is 2.32. The van der Waals surface area contributed by atoms with E-state index in [0.29, 0.717) is 11.9 Å². The zero-order chi connectivity index (χ0) is 13.1. The van der Waals surface area contributed by atoms with Crippen molar-refractivity contribution in [1.29, 1.82) is 0 Å². The second-order valence-corrected chi connectivity index (χ2v) is 5.23. The minimum absolute atomic E-state index is 0. The van der Waals surface area contributed by atoms with Crippen LogP contribution in [0.3, 0.4) is 0 Å². The molecule has 1 aromatic rings. The van der Waals surface area contributed by atoms with Crippen molar-refractivity contribution in [2.45, 2.75) is 18.8 Å². The predicted molar refractivity (Wildman–Crippen MR) is 91.8 cm³/mol. The summed E-state index contributed by atoms with van der Waals surface area (Å²) in [5.74, 6) is 1.21. The van der Waals surface area contributed by atoms with Gasteiger partial charge in [0.05, 0.1) is 13.2 Å². The molecule has 1 atom stereocenters. The van der Waals surface area contributed by atoms with E-state index in [2.05, 4.69) is 34.2 Å². The maximum Gasteiger partial charge on any atom is 0.191 e. The van der Waals surface area contributed by atoms with E-state index in [0.717, 1.165) is 32.8 Å².